The fourth-order valence-electron chi connectivity index (χ4n) is 1.22. The molecule has 0 radical (unpaired) electrons. The van der Waals surface area contributed by atoms with Crippen LogP contribution in [0.2, 0.25) is 0 Å². The predicted molar refractivity (Wildman–Crippen MR) is 54.7 cm³/mol. The van der Waals surface area contributed by atoms with E-state index in [-0.39, 0.29) is 6.04 Å². The highest BCUT2D eigenvalue weighted by Gasteiger charge is 2.19. The lowest BCUT2D eigenvalue weighted by Gasteiger charge is -2.09. The fourth-order valence-corrected chi connectivity index (χ4v) is 1.22. The zero-order valence-corrected chi connectivity index (χ0v) is 8.71. The molecule has 1 aromatic heterocycles. The molecule has 0 saturated carbocycles. The molecule has 0 atom stereocenters. The second kappa shape index (κ2) is 4.13. The van der Waals surface area contributed by atoms with Gasteiger partial charge < -0.3 is 9.67 Å². The Balaban J connectivity index is 3.58. The molecule has 0 unspecified atom stereocenters. The minimum atomic E-state index is -1.47. The second-order valence-electron chi connectivity index (χ2n) is 3.48. The molecular formula is C9H10N2O5. The van der Waals surface area contributed by atoms with Gasteiger partial charge in [0.2, 0.25) is 0 Å². The minimum absolute atomic E-state index is 0.342. The van der Waals surface area contributed by atoms with Crippen LogP contribution in [0.5, 0.6) is 0 Å². The molecule has 0 aromatic carbocycles. The molecule has 0 amide bonds. The summed E-state index contributed by atoms with van der Waals surface area (Å²) in [7, 11) is 0. The summed E-state index contributed by atoms with van der Waals surface area (Å²) in [5.41, 5.74) is -1.75. The molecule has 0 spiro atoms. The largest absolute Gasteiger partial charge is 0.477 e. The Bertz CT molecular complexity index is 503. The third-order valence-corrected chi connectivity index (χ3v) is 2.03. The average Bonchev–Trinajstić information content (AvgIpc) is 2.16. The van der Waals surface area contributed by atoms with Gasteiger partial charge in [0.15, 0.2) is 0 Å². The second-order valence-corrected chi connectivity index (χ2v) is 3.48. The van der Waals surface area contributed by atoms with Crippen LogP contribution in [-0.2, 0) is 0 Å². The highest BCUT2D eigenvalue weighted by atomic mass is 16.6. The van der Waals surface area contributed by atoms with E-state index in [0.29, 0.717) is 0 Å². The maximum atomic E-state index is 11.6. The van der Waals surface area contributed by atoms with Crippen LogP contribution in [0, 0.1) is 10.1 Å². The third kappa shape index (κ3) is 2.08. The van der Waals surface area contributed by atoms with E-state index in [1.165, 1.54) is 0 Å². The van der Waals surface area contributed by atoms with Crippen LogP contribution in [-0.4, -0.2) is 20.6 Å². The molecular weight excluding hydrogens is 216 g/mol. The van der Waals surface area contributed by atoms with Crippen LogP contribution in [0.15, 0.2) is 17.1 Å². The molecule has 0 saturated heterocycles. The Morgan fingerprint density at radius 2 is 2.12 bits per heavy atom. The smallest absolute Gasteiger partial charge is 0.341 e. The van der Waals surface area contributed by atoms with Crippen LogP contribution < -0.4 is 5.56 Å². The van der Waals surface area contributed by atoms with Crippen molar-refractivity contribution in [2.24, 2.45) is 0 Å². The molecule has 86 valence electrons. The van der Waals surface area contributed by atoms with Gasteiger partial charge in [-0.15, -0.1) is 0 Å². The first-order valence-corrected chi connectivity index (χ1v) is 4.48. The number of aromatic nitrogens is 1. The number of pyridine rings is 1. The molecule has 16 heavy (non-hydrogen) atoms. The number of carboxylic acid groups (broad SMARTS) is 1. The number of nitro groups is 1. The van der Waals surface area contributed by atoms with Gasteiger partial charge in [-0.2, -0.15) is 0 Å². The Labute approximate surface area is 90.1 Å². The predicted octanol–water partition coefficient (Wildman–Crippen LogP) is 1.04. The maximum absolute atomic E-state index is 11.6. The summed E-state index contributed by atoms with van der Waals surface area (Å²) in [6, 6.07) is 0.425. The van der Waals surface area contributed by atoms with Crippen molar-refractivity contribution in [3.63, 3.8) is 0 Å². The van der Waals surface area contributed by atoms with E-state index in [4.69, 9.17) is 5.11 Å². The SMILES string of the molecule is CC(C)n1cc([N+](=O)[O-])cc(C(=O)O)c1=O. The molecule has 0 aliphatic rings. The lowest BCUT2D eigenvalue weighted by atomic mass is 10.2. The Morgan fingerprint density at radius 1 is 1.56 bits per heavy atom. The topological polar surface area (TPSA) is 102 Å². The Hall–Kier alpha value is -2.18. The Morgan fingerprint density at radius 3 is 2.50 bits per heavy atom. The molecule has 1 rings (SSSR count). The number of carboxylic acids is 1. The van der Waals surface area contributed by atoms with Gasteiger partial charge in [-0.05, 0) is 13.8 Å². The van der Waals surface area contributed by atoms with E-state index in [0.717, 1.165) is 16.8 Å². The van der Waals surface area contributed by atoms with Gasteiger partial charge in [-0.25, -0.2) is 4.79 Å². The summed E-state index contributed by atoms with van der Waals surface area (Å²) in [4.78, 5) is 32.1. The van der Waals surface area contributed by atoms with E-state index in [2.05, 4.69) is 0 Å². The zero-order chi connectivity index (χ0) is 12.5. The molecule has 7 heteroatoms. The molecule has 0 bridgehead atoms. The molecule has 0 aliphatic heterocycles. The van der Waals surface area contributed by atoms with Crippen molar-refractivity contribution < 1.29 is 14.8 Å². The van der Waals surface area contributed by atoms with Gasteiger partial charge >= 0.3 is 5.97 Å². The fraction of sp³-hybridized carbons (Fsp3) is 0.333. The van der Waals surface area contributed by atoms with Gasteiger partial charge in [-0.3, -0.25) is 14.9 Å². The monoisotopic (exact) mass is 226 g/mol. The van der Waals surface area contributed by atoms with Gasteiger partial charge in [0, 0.05) is 12.1 Å². The number of hydrogen-bond donors (Lipinski definition) is 1. The number of carbonyl (C=O) groups is 1. The molecule has 1 heterocycles. The average molecular weight is 226 g/mol. The van der Waals surface area contributed by atoms with Gasteiger partial charge in [0.25, 0.3) is 11.2 Å². The van der Waals surface area contributed by atoms with Crippen LogP contribution in [0.3, 0.4) is 0 Å². The van der Waals surface area contributed by atoms with Gasteiger partial charge in [0.05, 0.1) is 11.1 Å². The van der Waals surface area contributed by atoms with Gasteiger partial charge in [-0.1, -0.05) is 0 Å². The molecule has 1 N–H and O–H groups in total. The van der Waals surface area contributed by atoms with E-state index in [1.807, 2.05) is 0 Å². The van der Waals surface area contributed by atoms with E-state index in [1.54, 1.807) is 13.8 Å². The molecule has 7 nitrogen and oxygen atoms in total. The van der Waals surface area contributed by atoms with Crippen LogP contribution in [0.4, 0.5) is 5.69 Å². The summed E-state index contributed by atoms with van der Waals surface area (Å²) in [6.07, 6.45) is 1.04. The quantitative estimate of drug-likeness (QED) is 0.612. The van der Waals surface area contributed by atoms with Crippen LogP contribution in [0.1, 0.15) is 30.2 Å². The van der Waals surface area contributed by atoms with E-state index >= 15 is 0 Å². The summed E-state index contributed by atoms with van der Waals surface area (Å²) in [6.45, 7) is 3.27. The van der Waals surface area contributed by atoms with Crippen molar-refractivity contribution in [1.82, 2.24) is 4.57 Å². The van der Waals surface area contributed by atoms with Gasteiger partial charge in [0.1, 0.15) is 5.56 Å². The normalized spacial score (nSPS) is 10.4. The van der Waals surface area contributed by atoms with E-state index in [9.17, 15) is 19.7 Å². The highest BCUT2D eigenvalue weighted by Crippen LogP contribution is 2.13. The van der Waals surface area contributed by atoms with Crippen LogP contribution >= 0.6 is 0 Å². The van der Waals surface area contributed by atoms with Crippen LogP contribution in [0.25, 0.3) is 0 Å². The molecule has 0 fully saturated rings. The third-order valence-electron chi connectivity index (χ3n) is 2.03. The zero-order valence-electron chi connectivity index (χ0n) is 8.71. The molecule has 0 aliphatic carbocycles. The number of nitrogens with zero attached hydrogens (tertiary/aromatic N) is 2. The number of rotatable bonds is 3. The van der Waals surface area contributed by atoms with Crippen molar-refractivity contribution in [2.75, 3.05) is 0 Å². The Kier molecular flexibility index (Phi) is 3.07. The number of aromatic carboxylic acids is 1. The minimum Gasteiger partial charge on any atom is -0.477 e. The lowest BCUT2D eigenvalue weighted by Crippen LogP contribution is -2.27. The first-order chi connectivity index (χ1) is 7.34. The van der Waals surface area contributed by atoms with Crippen molar-refractivity contribution in [3.8, 4) is 0 Å². The summed E-state index contributed by atoms with van der Waals surface area (Å²) >= 11 is 0. The highest BCUT2D eigenvalue weighted by molar-refractivity contribution is 5.87. The molecule has 1 aromatic rings. The standard InChI is InChI=1S/C9H10N2O5/c1-5(2)10-4-6(11(15)16)3-7(8(10)12)9(13)14/h3-5H,1-2H3,(H,13,14). The summed E-state index contributed by atoms with van der Waals surface area (Å²) in [5.74, 6) is -1.47. The summed E-state index contributed by atoms with van der Waals surface area (Å²) < 4.78 is 1.03. The first kappa shape index (κ1) is 11.9. The van der Waals surface area contributed by atoms with Crippen molar-refractivity contribution in [1.29, 1.82) is 0 Å². The summed E-state index contributed by atoms with van der Waals surface area (Å²) in [5, 5.41) is 19.3. The lowest BCUT2D eigenvalue weighted by molar-refractivity contribution is -0.385. The first-order valence-electron chi connectivity index (χ1n) is 4.48. The number of hydrogen-bond acceptors (Lipinski definition) is 4. The maximum Gasteiger partial charge on any atom is 0.341 e. The van der Waals surface area contributed by atoms with Crippen molar-refractivity contribution >= 4 is 11.7 Å². The van der Waals surface area contributed by atoms with Crippen molar-refractivity contribution in [3.05, 3.63) is 38.3 Å². The van der Waals surface area contributed by atoms with Crippen molar-refractivity contribution in [2.45, 2.75) is 19.9 Å². The van der Waals surface area contributed by atoms with E-state index < -0.39 is 27.7 Å².